The average molecular weight is 245 g/mol. The van der Waals surface area contributed by atoms with Crippen molar-refractivity contribution in [1.82, 2.24) is 0 Å². The van der Waals surface area contributed by atoms with Crippen molar-refractivity contribution in [1.29, 1.82) is 5.26 Å². The van der Waals surface area contributed by atoms with E-state index in [9.17, 15) is 4.79 Å². The molecule has 0 amide bonds. The van der Waals surface area contributed by atoms with Crippen molar-refractivity contribution in [3.8, 4) is 11.8 Å². The van der Waals surface area contributed by atoms with Gasteiger partial charge in [0.15, 0.2) is 0 Å². The lowest BCUT2D eigenvalue weighted by Crippen LogP contribution is -2.15. The SMILES string of the molecule is COc1cccc(C(=O)OCC2(CC#N)CC2)c1. The molecule has 94 valence electrons. The summed E-state index contributed by atoms with van der Waals surface area (Å²) < 4.78 is 10.3. The highest BCUT2D eigenvalue weighted by atomic mass is 16.5. The Bertz CT molecular complexity index is 486. The van der Waals surface area contributed by atoms with Gasteiger partial charge in [0, 0.05) is 11.8 Å². The summed E-state index contributed by atoms with van der Waals surface area (Å²) in [5, 5.41) is 8.69. The molecule has 0 radical (unpaired) electrons. The van der Waals surface area contributed by atoms with Gasteiger partial charge >= 0.3 is 5.97 Å². The third-order valence-electron chi connectivity index (χ3n) is 3.23. The first-order valence-corrected chi connectivity index (χ1v) is 5.87. The maximum atomic E-state index is 11.8. The van der Waals surface area contributed by atoms with Gasteiger partial charge in [-0.25, -0.2) is 4.79 Å². The number of carbonyl (C=O) groups is 1. The number of ether oxygens (including phenoxy) is 2. The highest BCUT2D eigenvalue weighted by Crippen LogP contribution is 2.48. The Morgan fingerprint density at radius 1 is 1.50 bits per heavy atom. The molecule has 1 aliphatic carbocycles. The maximum absolute atomic E-state index is 11.8. The molecule has 0 heterocycles. The molecule has 1 fully saturated rings. The molecule has 0 spiro atoms. The predicted octanol–water partition coefficient (Wildman–Crippen LogP) is 2.55. The minimum absolute atomic E-state index is 0.0801. The fourth-order valence-corrected chi connectivity index (χ4v) is 1.77. The van der Waals surface area contributed by atoms with Crippen LogP contribution in [0.25, 0.3) is 0 Å². The van der Waals surface area contributed by atoms with Gasteiger partial charge in [0.2, 0.25) is 0 Å². The van der Waals surface area contributed by atoms with Gasteiger partial charge in [-0.15, -0.1) is 0 Å². The summed E-state index contributed by atoms with van der Waals surface area (Å²) in [6, 6.07) is 9.00. The first-order chi connectivity index (χ1) is 8.69. The fraction of sp³-hybridized carbons (Fsp3) is 0.429. The van der Waals surface area contributed by atoms with E-state index in [1.807, 2.05) is 0 Å². The van der Waals surface area contributed by atoms with Crippen LogP contribution in [0.2, 0.25) is 0 Å². The molecule has 0 N–H and O–H groups in total. The average Bonchev–Trinajstić information content (AvgIpc) is 3.17. The van der Waals surface area contributed by atoms with Crippen LogP contribution in [-0.4, -0.2) is 19.7 Å². The smallest absolute Gasteiger partial charge is 0.338 e. The Morgan fingerprint density at radius 2 is 2.28 bits per heavy atom. The standard InChI is InChI=1S/C14H15NO3/c1-17-12-4-2-3-11(9-12)13(16)18-10-14(5-6-14)7-8-15/h2-4,9H,5-7,10H2,1H3. The number of nitriles is 1. The molecule has 1 aromatic carbocycles. The van der Waals surface area contributed by atoms with Crippen LogP contribution in [0.4, 0.5) is 0 Å². The molecule has 0 bridgehead atoms. The molecule has 1 saturated carbocycles. The number of hydrogen-bond donors (Lipinski definition) is 0. The van der Waals surface area contributed by atoms with Crippen LogP contribution >= 0.6 is 0 Å². The highest BCUT2D eigenvalue weighted by molar-refractivity contribution is 5.89. The van der Waals surface area contributed by atoms with Crippen molar-refractivity contribution < 1.29 is 14.3 Å². The Labute approximate surface area is 106 Å². The first kappa shape index (κ1) is 12.4. The number of methoxy groups -OCH3 is 1. The molecule has 4 heteroatoms. The monoisotopic (exact) mass is 245 g/mol. The minimum Gasteiger partial charge on any atom is -0.497 e. The Morgan fingerprint density at radius 3 is 2.89 bits per heavy atom. The largest absolute Gasteiger partial charge is 0.497 e. The topological polar surface area (TPSA) is 59.3 Å². The van der Waals surface area contributed by atoms with E-state index in [-0.39, 0.29) is 11.4 Å². The van der Waals surface area contributed by atoms with Gasteiger partial charge in [0.05, 0.1) is 25.3 Å². The summed E-state index contributed by atoms with van der Waals surface area (Å²) >= 11 is 0. The normalized spacial score (nSPS) is 15.6. The maximum Gasteiger partial charge on any atom is 0.338 e. The van der Waals surface area contributed by atoms with E-state index < -0.39 is 0 Å². The number of hydrogen-bond acceptors (Lipinski definition) is 4. The lowest BCUT2D eigenvalue weighted by atomic mass is 10.1. The third kappa shape index (κ3) is 2.80. The summed E-state index contributed by atoms with van der Waals surface area (Å²) in [5.74, 6) is 0.265. The fourth-order valence-electron chi connectivity index (χ4n) is 1.77. The zero-order chi connectivity index (χ0) is 13.0. The highest BCUT2D eigenvalue weighted by Gasteiger charge is 2.43. The molecule has 4 nitrogen and oxygen atoms in total. The number of rotatable bonds is 5. The van der Waals surface area contributed by atoms with Crippen LogP contribution in [0, 0.1) is 16.7 Å². The van der Waals surface area contributed by atoms with E-state index >= 15 is 0 Å². The van der Waals surface area contributed by atoms with Gasteiger partial charge in [0.1, 0.15) is 5.75 Å². The number of carbonyl (C=O) groups excluding carboxylic acids is 1. The number of esters is 1. The molecule has 0 saturated heterocycles. The molecule has 18 heavy (non-hydrogen) atoms. The lowest BCUT2D eigenvalue weighted by Gasteiger charge is -2.11. The van der Waals surface area contributed by atoms with Crippen molar-refractivity contribution in [2.24, 2.45) is 5.41 Å². The Hall–Kier alpha value is -2.02. The van der Waals surface area contributed by atoms with Gasteiger partial charge in [-0.3, -0.25) is 0 Å². The quantitative estimate of drug-likeness (QED) is 0.748. The lowest BCUT2D eigenvalue weighted by molar-refractivity contribution is 0.0419. The van der Waals surface area contributed by atoms with Crippen LogP contribution in [-0.2, 0) is 4.74 Å². The first-order valence-electron chi connectivity index (χ1n) is 5.87. The molecular weight excluding hydrogens is 230 g/mol. The molecule has 0 atom stereocenters. The van der Waals surface area contributed by atoms with Gasteiger partial charge in [-0.2, -0.15) is 5.26 Å². The zero-order valence-electron chi connectivity index (χ0n) is 10.3. The van der Waals surface area contributed by atoms with Crippen LogP contribution in [0.3, 0.4) is 0 Å². The van der Waals surface area contributed by atoms with E-state index in [0.717, 1.165) is 12.8 Å². The van der Waals surface area contributed by atoms with Crippen LogP contribution in [0.5, 0.6) is 5.75 Å². The van der Waals surface area contributed by atoms with E-state index in [0.29, 0.717) is 24.3 Å². The molecule has 1 aliphatic rings. The summed E-state index contributed by atoms with van der Waals surface area (Å²) in [4.78, 5) is 11.8. The van der Waals surface area contributed by atoms with E-state index in [2.05, 4.69) is 6.07 Å². The third-order valence-corrected chi connectivity index (χ3v) is 3.23. The second-order valence-electron chi connectivity index (χ2n) is 4.64. The van der Waals surface area contributed by atoms with Crippen molar-refractivity contribution in [2.75, 3.05) is 13.7 Å². The second kappa shape index (κ2) is 5.09. The second-order valence-corrected chi connectivity index (χ2v) is 4.64. The molecule has 0 unspecified atom stereocenters. The predicted molar refractivity (Wildman–Crippen MR) is 65.2 cm³/mol. The van der Waals surface area contributed by atoms with Crippen molar-refractivity contribution in [2.45, 2.75) is 19.3 Å². The summed E-state index contributed by atoms with van der Waals surface area (Å²) in [7, 11) is 1.55. The molecule has 0 aromatic heterocycles. The molecular formula is C14H15NO3. The summed E-state index contributed by atoms with van der Waals surface area (Å²) in [6.07, 6.45) is 2.39. The molecule has 2 rings (SSSR count). The van der Waals surface area contributed by atoms with E-state index in [1.165, 1.54) is 0 Å². The van der Waals surface area contributed by atoms with Crippen molar-refractivity contribution >= 4 is 5.97 Å². The van der Waals surface area contributed by atoms with Gasteiger partial charge in [-0.05, 0) is 31.0 Å². The molecule has 1 aromatic rings. The number of nitrogens with zero attached hydrogens (tertiary/aromatic N) is 1. The molecule has 0 aliphatic heterocycles. The van der Waals surface area contributed by atoms with Gasteiger partial charge in [0.25, 0.3) is 0 Å². The van der Waals surface area contributed by atoms with Crippen LogP contribution < -0.4 is 4.74 Å². The minimum atomic E-state index is -0.363. The van der Waals surface area contributed by atoms with Crippen molar-refractivity contribution in [3.63, 3.8) is 0 Å². The Kier molecular flexibility index (Phi) is 3.52. The Balaban J connectivity index is 1.94. The van der Waals surface area contributed by atoms with E-state index in [4.69, 9.17) is 14.7 Å². The summed E-state index contributed by atoms with van der Waals surface area (Å²) in [5.41, 5.74) is 0.394. The van der Waals surface area contributed by atoms with Crippen LogP contribution in [0.1, 0.15) is 29.6 Å². The van der Waals surface area contributed by atoms with Crippen LogP contribution in [0.15, 0.2) is 24.3 Å². The zero-order valence-corrected chi connectivity index (χ0v) is 10.3. The summed E-state index contributed by atoms with van der Waals surface area (Å²) in [6.45, 7) is 0.330. The van der Waals surface area contributed by atoms with Gasteiger partial charge < -0.3 is 9.47 Å². The van der Waals surface area contributed by atoms with Crippen molar-refractivity contribution in [3.05, 3.63) is 29.8 Å². The van der Waals surface area contributed by atoms with E-state index in [1.54, 1.807) is 31.4 Å². The van der Waals surface area contributed by atoms with Gasteiger partial charge in [-0.1, -0.05) is 6.07 Å². The number of benzene rings is 1.